The minimum Gasteiger partial charge on any atom is -0.444 e. The van der Waals surface area contributed by atoms with Crippen molar-refractivity contribution in [1.29, 1.82) is 0 Å². The zero-order chi connectivity index (χ0) is 33.9. The summed E-state index contributed by atoms with van der Waals surface area (Å²) in [5.41, 5.74) is 2.25. The molecule has 46 heavy (non-hydrogen) atoms. The van der Waals surface area contributed by atoms with E-state index in [-0.39, 0.29) is 31.7 Å². The van der Waals surface area contributed by atoms with E-state index in [0.29, 0.717) is 23.6 Å². The van der Waals surface area contributed by atoms with Gasteiger partial charge in [0, 0.05) is 13.0 Å². The number of nitrogens with zero attached hydrogens (tertiary/aromatic N) is 4. The Morgan fingerprint density at radius 3 is 2.35 bits per heavy atom. The summed E-state index contributed by atoms with van der Waals surface area (Å²) in [6.45, 7) is 8.43. The van der Waals surface area contributed by atoms with Gasteiger partial charge in [0.2, 0.25) is 17.6 Å². The summed E-state index contributed by atoms with van der Waals surface area (Å²) < 4.78 is 7.03. The van der Waals surface area contributed by atoms with Crippen LogP contribution in [0.3, 0.4) is 0 Å². The number of aromatic nitrogens is 3. The largest absolute Gasteiger partial charge is 0.444 e. The van der Waals surface area contributed by atoms with Crippen LogP contribution in [0.5, 0.6) is 0 Å². The van der Waals surface area contributed by atoms with Gasteiger partial charge in [-0.15, -0.1) is 5.10 Å². The molecule has 1 unspecified atom stereocenters. The number of Topliss-reactive ketones (excluding diaryl/α,β-unsaturated/α-hetero) is 1. The van der Waals surface area contributed by atoms with Crippen molar-refractivity contribution in [3.63, 3.8) is 0 Å². The lowest BCUT2D eigenvalue weighted by atomic mass is 9.84. The first-order chi connectivity index (χ1) is 21.5. The van der Waals surface area contributed by atoms with Gasteiger partial charge in [0.1, 0.15) is 28.8 Å². The summed E-state index contributed by atoms with van der Waals surface area (Å²) >= 11 is 1.61. The summed E-state index contributed by atoms with van der Waals surface area (Å²) in [6.07, 6.45) is 6.69. The highest BCUT2D eigenvalue weighted by atomic mass is 32.2. The van der Waals surface area contributed by atoms with Crippen LogP contribution < -0.4 is 16.4 Å². The molecule has 0 aromatic carbocycles. The van der Waals surface area contributed by atoms with Gasteiger partial charge in [-0.3, -0.25) is 19.2 Å². The van der Waals surface area contributed by atoms with Crippen LogP contribution in [0.4, 0.5) is 4.79 Å². The van der Waals surface area contributed by atoms with Crippen molar-refractivity contribution in [1.82, 2.24) is 30.5 Å². The van der Waals surface area contributed by atoms with E-state index in [1.54, 1.807) is 46.4 Å². The van der Waals surface area contributed by atoms with E-state index in [4.69, 9.17) is 10.5 Å². The van der Waals surface area contributed by atoms with Gasteiger partial charge in [-0.05, 0) is 71.3 Å². The van der Waals surface area contributed by atoms with Gasteiger partial charge in [0.25, 0.3) is 5.91 Å². The highest BCUT2D eigenvalue weighted by Crippen LogP contribution is 2.35. The molecule has 3 fully saturated rings. The van der Waals surface area contributed by atoms with Gasteiger partial charge >= 0.3 is 6.09 Å². The number of ketones is 1. The second-order valence-corrected chi connectivity index (χ2v) is 15.6. The number of amides is 4. The highest BCUT2D eigenvalue weighted by Gasteiger charge is 2.49. The van der Waals surface area contributed by atoms with Gasteiger partial charge in [-0.2, -0.15) is 11.8 Å². The Bertz CT molecular complexity index is 1290. The van der Waals surface area contributed by atoms with Gasteiger partial charge in [0.15, 0.2) is 0 Å². The molecule has 1 aliphatic carbocycles. The van der Waals surface area contributed by atoms with Crippen molar-refractivity contribution < 1.29 is 33.8 Å². The minimum absolute atomic E-state index is 0.0349. The molecule has 4 amide bonds. The van der Waals surface area contributed by atoms with Crippen LogP contribution in [0.2, 0.25) is 0 Å². The maximum atomic E-state index is 14.5. The number of hydrogen-bond acceptors (Lipinski definition) is 10. The molecule has 4 rings (SSSR count). The molecule has 14 nitrogen and oxygen atoms in total. The molecule has 256 valence electrons. The quantitative estimate of drug-likeness (QED) is 0.268. The zero-order valence-electron chi connectivity index (χ0n) is 27.5. The van der Waals surface area contributed by atoms with Crippen LogP contribution in [-0.2, 0) is 29.5 Å². The van der Waals surface area contributed by atoms with Gasteiger partial charge in [-0.1, -0.05) is 37.3 Å². The Hall–Kier alpha value is -3.20. The second-order valence-electron chi connectivity index (χ2n) is 14.3. The summed E-state index contributed by atoms with van der Waals surface area (Å²) in [7, 11) is 0. The van der Waals surface area contributed by atoms with Crippen LogP contribution in [0.15, 0.2) is 6.20 Å². The first kappa shape index (κ1) is 35.7. The lowest BCUT2D eigenvalue weighted by molar-refractivity contribution is -0.145. The maximum Gasteiger partial charge on any atom is 0.408 e. The smallest absolute Gasteiger partial charge is 0.408 e. The number of carbonyl (C=O) groups is 5. The molecule has 3 aliphatic rings. The molecule has 15 heteroatoms. The fraction of sp³-hybridized carbons (Fsp3) is 0.774. The first-order valence-corrected chi connectivity index (χ1v) is 17.3. The molecule has 1 saturated carbocycles. The normalized spacial score (nSPS) is 23.0. The number of primary amides is 1. The van der Waals surface area contributed by atoms with Crippen LogP contribution >= 0.6 is 11.8 Å². The third-order valence-electron chi connectivity index (χ3n) is 9.06. The summed E-state index contributed by atoms with van der Waals surface area (Å²) in [5, 5.41) is 24.6. The number of rotatable bonds is 10. The third-order valence-corrected chi connectivity index (χ3v) is 10.0. The van der Waals surface area contributed by atoms with Gasteiger partial charge in [-0.25, -0.2) is 9.48 Å². The Balaban J connectivity index is 1.68. The van der Waals surface area contributed by atoms with E-state index < -0.39 is 64.5 Å². The minimum atomic E-state index is -1.47. The van der Waals surface area contributed by atoms with E-state index in [9.17, 15) is 29.1 Å². The zero-order valence-corrected chi connectivity index (χ0v) is 28.4. The number of nitrogens with one attached hydrogen (secondary N) is 2. The van der Waals surface area contributed by atoms with Crippen LogP contribution in [0.25, 0.3) is 0 Å². The lowest BCUT2D eigenvalue weighted by Crippen LogP contribution is -2.63. The number of alkyl carbamates (subject to hydrolysis) is 1. The number of hydrogen-bond donors (Lipinski definition) is 4. The van der Waals surface area contributed by atoms with Crippen molar-refractivity contribution in [2.24, 2.45) is 11.7 Å². The van der Waals surface area contributed by atoms with E-state index in [0.717, 1.165) is 32.1 Å². The fourth-order valence-electron chi connectivity index (χ4n) is 6.75. The first-order valence-electron chi connectivity index (χ1n) is 16.2. The molecule has 2 aliphatic heterocycles. The Morgan fingerprint density at radius 2 is 1.76 bits per heavy atom. The molecule has 3 heterocycles. The van der Waals surface area contributed by atoms with E-state index in [1.807, 2.05) is 0 Å². The number of thioether (sulfide) groups is 1. The molecule has 5 N–H and O–H groups in total. The van der Waals surface area contributed by atoms with Crippen molar-refractivity contribution in [2.75, 3.05) is 18.1 Å². The molecule has 3 atom stereocenters. The Kier molecular flexibility index (Phi) is 11.1. The number of ether oxygens (including phenoxy) is 1. The second kappa shape index (κ2) is 14.3. The molecule has 1 aromatic heterocycles. The predicted octanol–water partition coefficient (Wildman–Crippen LogP) is 1.95. The summed E-state index contributed by atoms with van der Waals surface area (Å²) in [5.74, 6) is -1.75. The van der Waals surface area contributed by atoms with Crippen LogP contribution in [0.1, 0.15) is 104 Å². The molecule has 0 bridgehead atoms. The molecular weight excluding hydrogens is 614 g/mol. The molecule has 0 spiro atoms. The van der Waals surface area contributed by atoms with E-state index in [1.165, 1.54) is 15.8 Å². The third kappa shape index (κ3) is 8.58. The average Bonchev–Trinajstić information content (AvgIpc) is 3.64. The monoisotopic (exact) mass is 663 g/mol. The highest BCUT2D eigenvalue weighted by molar-refractivity contribution is 7.99. The predicted molar refractivity (Wildman–Crippen MR) is 170 cm³/mol. The molecular formula is C31H49N7O7S. The van der Waals surface area contributed by atoms with Crippen molar-refractivity contribution in [3.8, 4) is 0 Å². The summed E-state index contributed by atoms with van der Waals surface area (Å²) in [4.78, 5) is 68.2. The molecule has 0 radical (unpaired) electrons. The Labute approximate surface area is 274 Å². The number of likely N-dealkylation sites (tertiary alicyclic amines) is 1. The van der Waals surface area contributed by atoms with Gasteiger partial charge < -0.3 is 31.1 Å². The summed E-state index contributed by atoms with van der Waals surface area (Å²) in [6, 6.07) is -2.59. The SMILES string of the molecule is CC(C)(C)OC(=O)NC(CC1CCCCC1)C(=O)N1C[C@@H](n2nncc2C(C)(C)O)C[C@H]1C(=O)NC1(C(=O)C(N)=O)CCSCC1. The van der Waals surface area contributed by atoms with Crippen LogP contribution in [-0.4, -0.2) is 95.9 Å². The van der Waals surface area contributed by atoms with Crippen molar-refractivity contribution in [3.05, 3.63) is 11.9 Å². The standard InChI is InChI=1S/C31H49N7O7S/c1-29(2,3)45-28(43)34-21(15-19-9-7-6-8-10-19)27(42)37-18-20(38-23(17-33-36-38)30(4,5)44)16-22(37)26(41)35-31(24(39)25(32)40)11-13-46-14-12-31/h17,19-22,44H,6-16,18H2,1-5H3,(H2,32,40)(H,34,43)(H,35,41)/t20-,21?,22-/m0/s1. The fourth-order valence-corrected chi connectivity index (χ4v) is 7.94. The Morgan fingerprint density at radius 1 is 1.11 bits per heavy atom. The number of nitrogens with two attached hydrogens (primary N) is 1. The van der Waals surface area contributed by atoms with Crippen LogP contribution in [0, 0.1) is 5.92 Å². The van der Waals surface area contributed by atoms with Crippen molar-refractivity contribution in [2.45, 2.75) is 127 Å². The topological polar surface area (TPSA) is 199 Å². The van der Waals surface area contributed by atoms with E-state index >= 15 is 0 Å². The average molecular weight is 664 g/mol. The lowest BCUT2D eigenvalue weighted by Gasteiger charge is -2.37. The maximum absolute atomic E-state index is 14.5. The van der Waals surface area contributed by atoms with E-state index in [2.05, 4.69) is 20.9 Å². The molecule has 1 aromatic rings. The number of aliphatic hydroxyl groups is 1. The van der Waals surface area contributed by atoms with Gasteiger partial charge in [0.05, 0.1) is 17.9 Å². The van der Waals surface area contributed by atoms with Crippen molar-refractivity contribution >= 4 is 41.4 Å². The molecule has 2 saturated heterocycles. The number of carbonyl (C=O) groups excluding carboxylic acids is 5.